The normalized spacial score (nSPS) is 11.6. The maximum absolute atomic E-state index is 11.7. The molecule has 0 aliphatic rings. The molecule has 0 aromatic carbocycles. The van der Waals surface area contributed by atoms with Gasteiger partial charge in [0, 0.05) is 30.4 Å². The summed E-state index contributed by atoms with van der Waals surface area (Å²) in [5.41, 5.74) is 3.56. The highest BCUT2D eigenvalue weighted by molar-refractivity contribution is 5.81. The molecule has 1 aromatic heterocycles. The summed E-state index contributed by atoms with van der Waals surface area (Å²) < 4.78 is 2.18. The lowest BCUT2D eigenvalue weighted by Gasteiger charge is -2.17. The first-order valence-electron chi connectivity index (χ1n) is 6.13. The highest BCUT2D eigenvalue weighted by atomic mass is 16.2. The molecule has 3 nitrogen and oxygen atoms in total. The van der Waals surface area contributed by atoms with Gasteiger partial charge in [-0.1, -0.05) is 20.8 Å². The molecule has 0 aliphatic heterocycles. The molecule has 0 unspecified atom stereocenters. The van der Waals surface area contributed by atoms with Crippen LogP contribution in [0.4, 0.5) is 0 Å². The predicted molar refractivity (Wildman–Crippen MR) is 71.1 cm³/mol. The Labute approximate surface area is 104 Å². The van der Waals surface area contributed by atoms with E-state index in [9.17, 15) is 4.79 Å². The van der Waals surface area contributed by atoms with Crippen LogP contribution in [0.1, 0.15) is 37.7 Å². The average Bonchev–Trinajstić information content (AvgIpc) is 2.45. The summed E-state index contributed by atoms with van der Waals surface area (Å²) in [7, 11) is 2.07. The SMILES string of the molecule is Cc1cc(CCNC(=O)C(C)(C)C)c(C)n1C. The summed E-state index contributed by atoms with van der Waals surface area (Å²) in [6.07, 6.45) is 0.898. The van der Waals surface area contributed by atoms with Crippen LogP contribution in [0.3, 0.4) is 0 Å². The van der Waals surface area contributed by atoms with Gasteiger partial charge in [0.1, 0.15) is 0 Å². The van der Waals surface area contributed by atoms with Gasteiger partial charge in [-0.25, -0.2) is 0 Å². The molecule has 96 valence electrons. The Bertz CT molecular complexity index is 411. The molecule has 17 heavy (non-hydrogen) atoms. The smallest absolute Gasteiger partial charge is 0.225 e. The van der Waals surface area contributed by atoms with Crippen molar-refractivity contribution in [1.29, 1.82) is 0 Å². The first kappa shape index (κ1) is 13.8. The van der Waals surface area contributed by atoms with Crippen LogP contribution in [0.25, 0.3) is 0 Å². The maximum atomic E-state index is 11.7. The van der Waals surface area contributed by atoms with Gasteiger partial charge in [0.2, 0.25) is 5.91 Å². The lowest BCUT2D eigenvalue weighted by Crippen LogP contribution is -2.35. The van der Waals surface area contributed by atoms with E-state index in [1.165, 1.54) is 17.0 Å². The van der Waals surface area contributed by atoms with Crippen molar-refractivity contribution in [2.75, 3.05) is 6.54 Å². The number of nitrogens with one attached hydrogen (secondary N) is 1. The van der Waals surface area contributed by atoms with E-state index in [4.69, 9.17) is 0 Å². The summed E-state index contributed by atoms with van der Waals surface area (Å²) in [6.45, 7) is 10.7. The lowest BCUT2D eigenvalue weighted by atomic mass is 9.95. The monoisotopic (exact) mass is 236 g/mol. The van der Waals surface area contributed by atoms with Crippen LogP contribution in [0, 0.1) is 19.3 Å². The number of rotatable bonds is 3. The zero-order valence-electron chi connectivity index (χ0n) is 11.8. The molecule has 0 atom stereocenters. The summed E-state index contributed by atoms with van der Waals surface area (Å²) in [6, 6.07) is 2.19. The van der Waals surface area contributed by atoms with Crippen molar-refractivity contribution < 1.29 is 4.79 Å². The van der Waals surface area contributed by atoms with Gasteiger partial charge in [-0.2, -0.15) is 0 Å². The molecule has 0 aliphatic carbocycles. The minimum Gasteiger partial charge on any atom is -0.355 e. The minimum atomic E-state index is -0.304. The Morgan fingerprint density at radius 1 is 1.35 bits per heavy atom. The number of aromatic nitrogens is 1. The molecule has 3 heteroatoms. The molecule has 0 saturated heterocycles. The fourth-order valence-corrected chi connectivity index (χ4v) is 1.76. The van der Waals surface area contributed by atoms with Crippen molar-refractivity contribution in [1.82, 2.24) is 9.88 Å². The Kier molecular flexibility index (Phi) is 4.02. The lowest BCUT2D eigenvalue weighted by molar-refractivity contribution is -0.128. The minimum absolute atomic E-state index is 0.114. The molecule has 0 spiro atoms. The van der Waals surface area contributed by atoms with Gasteiger partial charge in [-0.3, -0.25) is 4.79 Å². The molecule has 0 saturated carbocycles. The molecule has 1 aromatic rings. The van der Waals surface area contributed by atoms with Crippen molar-refractivity contribution in [3.05, 3.63) is 23.0 Å². The third kappa shape index (κ3) is 3.35. The largest absolute Gasteiger partial charge is 0.355 e. The van der Waals surface area contributed by atoms with Crippen LogP contribution in [-0.4, -0.2) is 17.0 Å². The first-order valence-corrected chi connectivity index (χ1v) is 6.13. The number of hydrogen-bond acceptors (Lipinski definition) is 1. The molecular formula is C14H24N2O. The fourth-order valence-electron chi connectivity index (χ4n) is 1.76. The van der Waals surface area contributed by atoms with Gasteiger partial charge in [-0.15, -0.1) is 0 Å². The van der Waals surface area contributed by atoms with Crippen LogP contribution < -0.4 is 5.32 Å². The van der Waals surface area contributed by atoms with Crippen LogP contribution in [0.5, 0.6) is 0 Å². The van der Waals surface area contributed by atoms with Crippen LogP contribution in [-0.2, 0) is 18.3 Å². The zero-order chi connectivity index (χ0) is 13.2. The highest BCUT2D eigenvalue weighted by Crippen LogP contribution is 2.14. The van der Waals surface area contributed by atoms with E-state index in [0.29, 0.717) is 6.54 Å². The average molecular weight is 236 g/mol. The summed E-state index contributed by atoms with van der Waals surface area (Å²) in [5.74, 6) is 0.114. The maximum Gasteiger partial charge on any atom is 0.225 e. The summed E-state index contributed by atoms with van der Waals surface area (Å²) in [4.78, 5) is 11.7. The van der Waals surface area contributed by atoms with Crippen LogP contribution in [0.2, 0.25) is 0 Å². The van der Waals surface area contributed by atoms with Gasteiger partial charge in [0.05, 0.1) is 0 Å². The van der Waals surface area contributed by atoms with Crippen molar-refractivity contribution >= 4 is 5.91 Å². The van der Waals surface area contributed by atoms with Crippen molar-refractivity contribution in [3.8, 4) is 0 Å². The predicted octanol–water partition coefficient (Wildman–Crippen LogP) is 2.35. The van der Waals surface area contributed by atoms with Gasteiger partial charge in [0.25, 0.3) is 0 Å². The number of amides is 1. The second kappa shape index (κ2) is 4.94. The number of carbonyl (C=O) groups excluding carboxylic acids is 1. The van der Waals surface area contributed by atoms with Gasteiger partial charge in [-0.05, 0) is 31.9 Å². The van der Waals surface area contributed by atoms with Crippen molar-refractivity contribution in [2.45, 2.75) is 41.0 Å². The topological polar surface area (TPSA) is 34.0 Å². The highest BCUT2D eigenvalue weighted by Gasteiger charge is 2.20. The number of nitrogens with zero attached hydrogens (tertiary/aromatic N) is 1. The van der Waals surface area contributed by atoms with Crippen molar-refractivity contribution in [3.63, 3.8) is 0 Å². The first-order chi connectivity index (χ1) is 7.73. The van der Waals surface area contributed by atoms with E-state index in [1.54, 1.807) is 0 Å². The van der Waals surface area contributed by atoms with E-state index in [2.05, 4.69) is 36.8 Å². The Morgan fingerprint density at radius 3 is 2.35 bits per heavy atom. The second-order valence-corrected chi connectivity index (χ2v) is 5.71. The van der Waals surface area contributed by atoms with Crippen LogP contribution in [0.15, 0.2) is 6.07 Å². The molecule has 1 heterocycles. The van der Waals surface area contributed by atoms with E-state index in [1.807, 2.05) is 20.8 Å². The number of hydrogen-bond donors (Lipinski definition) is 1. The molecule has 0 fully saturated rings. The van der Waals surface area contributed by atoms with E-state index in [-0.39, 0.29) is 11.3 Å². The molecule has 1 amide bonds. The third-order valence-corrected chi connectivity index (χ3v) is 3.24. The summed E-state index contributed by atoms with van der Waals surface area (Å²) >= 11 is 0. The van der Waals surface area contributed by atoms with Gasteiger partial charge >= 0.3 is 0 Å². The van der Waals surface area contributed by atoms with E-state index < -0.39 is 0 Å². The second-order valence-electron chi connectivity index (χ2n) is 5.71. The molecule has 0 bridgehead atoms. The standard InChI is InChI=1S/C14H24N2O/c1-10-9-12(11(2)16(10)6)7-8-15-13(17)14(3,4)5/h9H,7-8H2,1-6H3,(H,15,17). The molecule has 0 radical (unpaired) electrons. The number of aryl methyl sites for hydroxylation is 1. The molecule has 1 rings (SSSR count). The fraction of sp³-hybridized carbons (Fsp3) is 0.643. The quantitative estimate of drug-likeness (QED) is 0.859. The Morgan fingerprint density at radius 2 is 1.94 bits per heavy atom. The Hall–Kier alpha value is -1.25. The zero-order valence-corrected chi connectivity index (χ0v) is 11.8. The van der Waals surface area contributed by atoms with E-state index >= 15 is 0 Å². The number of carbonyl (C=O) groups is 1. The van der Waals surface area contributed by atoms with Crippen LogP contribution >= 0.6 is 0 Å². The van der Waals surface area contributed by atoms with Gasteiger partial charge < -0.3 is 9.88 Å². The Balaban J connectivity index is 2.52. The molecule has 1 N–H and O–H groups in total. The van der Waals surface area contributed by atoms with Gasteiger partial charge in [0.15, 0.2) is 0 Å². The third-order valence-electron chi connectivity index (χ3n) is 3.24. The summed E-state index contributed by atoms with van der Waals surface area (Å²) in [5, 5.41) is 2.98. The molecular weight excluding hydrogens is 212 g/mol. The van der Waals surface area contributed by atoms with Crippen molar-refractivity contribution in [2.24, 2.45) is 12.5 Å². The van der Waals surface area contributed by atoms with E-state index in [0.717, 1.165) is 6.42 Å².